The molecule has 0 radical (unpaired) electrons. The predicted octanol–water partition coefficient (Wildman–Crippen LogP) is 2.89. The minimum atomic E-state index is -0.0157. The van der Waals surface area contributed by atoms with E-state index < -0.39 is 0 Å². The Kier molecular flexibility index (Phi) is 4.35. The van der Waals surface area contributed by atoms with Gasteiger partial charge in [-0.3, -0.25) is 4.79 Å². The first-order valence-electron chi connectivity index (χ1n) is 4.56. The number of hydrogen-bond donors (Lipinski definition) is 0. The third-order valence-electron chi connectivity index (χ3n) is 2.27. The molecule has 78 valence electrons. The zero-order valence-electron chi connectivity index (χ0n) is 9.77. The van der Waals surface area contributed by atoms with E-state index in [1.807, 2.05) is 27.7 Å². The number of nitrogens with zero attached hydrogens (tertiary/aromatic N) is 1. The van der Waals surface area contributed by atoms with Crippen LogP contribution in [0.1, 0.15) is 27.7 Å². The highest BCUT2D eigenvalue weighted by Crippen LogP contribution is 2.13. The van der Waals surface area contributed by atoms with E-state index in [4.69, 9.17) is 0 Å². The zero-order valence-corrected chi connectivity index (χ0v) is 9.77. The molecule has 0 aromatic rings. The summed E-state index contributed by atoms with van der Waals surface area (Å²) >= 11 is 0. The summed E-state index contributed by atoms with van der Waals surface area (Å²) in [5.41, 5.74) is 3.25. The molecule has 0 aliphatic carbocycles. The first-order chi connectivity index (χ1) is 6.29. The van der Waals surface area contributed by atoms with Crippen LogP contribution in [0.15, 0.2) is 35.6 Å². The molecule has 0 fully saturated rings. The van der Waals surface area contributed by atoms with Gasteiger partial charge in [-0.25, -0.2) is 0 Å². The number of carbonyl (C=O) groups excluding carboxylic acids is 1. The van der Waals surface area contributed by atoms with Crippen molar-refractivity contribution in [1.29, 1.82) is 0 Å². The van der Waals surface area contributed by atoms with Gasteiger partial charge in [0.2, 0.25) is 0 Å². The Morgan fingerprint density at radius 1 is 1.07 bits per heavy atom. The highest BCUT2D eigenvalue weighted by molar-refractivity contribution is 5.94. The van der Waals surface area contributed by atoms with Crippen LogP contribution in [0.2, 0.25) is 0 Å². The Bertz CT molecular complexity index is 306. The SMILES string of the molecule is C=C(C)C(=C)N(C)C(=O)C(C)=C(C)C. The first-order valence-corrected chi connectivity index (χ1v) is 4.56. The molecule has 0 aromatic heterocycles. The summed E-state index contributed by atoms with van der Waals surface area (Å²) in [5, 5.41) is 0. The molecule has 0 aliphatic heterocycles. The van der Waals surface area contributed by atoms with Crippen LogP contribution in [-0.4, -0.2) is 17.9 Å². The molecule has 0 atom stereocenters. The summed E-state index contributed by atoms with van der Waals surface area (Å²) in [6, 6.07) is 0. The highest BCUT2D eigenvalue weighted by Gasteiger charge is 2.14. The van der Waals surface area contributed by atoms with Crippen LogP contribution >= 0.6 is 0 Å². The van der Waals surface area contributed by atoms with Gasteiger partial charge in [-0.05, 0) is 33.3 Å². The molecule has 0 aliphatic rings. The maximum absolute atomic E-state index is 11.8. The van der Waals surface area contributed by atoms with Crippen LogP contribution in [0.5, 0.6) is 0 Å². The lowest BCUT2D eigenvalue weighted by Gasteiger charge is -2.20. The lowest BCUT2D eigenvalue weighted by molar-refractivity contribution is -0.124. The van der Waals surface area contributed by atoms with Crippen molar-refractivity contribution in [3.05, 3.63) is 35.6 Å². The fourth-order valence-electron chi connectivity index (χ4n) is 0.874. The molecule has 14 heavy (non-hydrogen) atoms. The second-order valence-electron chi connectivity index (χ2n) is 3.72. The van der Waals surface area contributed by atoms with E-state index in [0.29, 0.717) is 5.70 Å². The second kappa shape index (κ2) is 4.80. The first kappa shape index (κ1) is 12.7. The van der Waals surface area contributed by atoms with Crippen molar-refractivity contribution in [3.8, 4) is 0 Å². The van der Waals surface area contributed by atoms with Crippen LogP contribution in [-0.2, 0) is 4.79 Å². The van der Waals surface area contributed by atoms with Crippen molar-refractivity contribution in [2.45, 2.75) is 27.7 Å². The third kappa shape index (κ3) is 2.87. The van der Waals surface area contributed by atoms with Crippen molar-refractivity contribution < 1.29 is 4.79 Å². The highest BCUT2D eigenvalue weighted by atomic mass is 16.2. The number of carbonyl (C=O) groups is 1. The van der Waals surface area contributed by atoms with E-state index >= 15 is 0 Å². The average molecular weight is 193 g/mol. The van der Waals surface area contributed by atoms with E-state index in [0.717, 1.165) is 16.7 Å². The van der Waals surface area contributed by atoms with Gasteiger partial charge >= 0.3 is 0 Å². The van der Waals surface area contributed by atoms with Gasteiger partial charge in [-0.2, -0.15) is 0 Å². The topological polar surface area (TPSA) is 20.3 Å². The van der Waals surface area contributed by atoms with Gasteiger partial charge in [-0.15, -0.1) is 0 Å². The number of hydrogen-bond acceptors (Lipinski definition) is 1. The molecule has 2 heteroatoms. The van der Waals surface area contributed by atoms with Crippen LogP contribution in [0.25, 0.3) is 0 Å². The molecule has 0 N–H and O–H groups in total. The minimum Gasteiger partial charge on any atom is -0.312 e. The molecule has 0 saturated carbocycles. The Morgan fingerprint density at radius 3 is 1.79 bits per heavy atom. The van der Waals surface area contributed by atoms with E-state index in [9.17, 15) is 4.79 Å². The summed E-state index contributed by atoms with van der Waals surface area (Å²) in [7, 11) is 1.71. The Balaban J connectivity index is 4.82. The molecular formula is C12H19NO. The van der Waals surface area contributed by atoms with Gasteiger partial charge < -0.3 is 4.90 Å². The molecule has 2 nitrogen and oxygen atoms in total. The molecule has 0 spiro atoms. The van der Waals surface area contributed by atoms with Gasteiger partial charge in [0, 0.05) is 18.3 Å². The van der Waals surface area contributed by atoms with Crippen LogP contribution in [0, 0.1) is 0 Å². The van der Waals surface area contributed by atoms with Crippen molar-refractivity contribution in [3.63, 3.8) is 0 Å². The summed E-state index contributed by atoms with van der Waals surface area (Å²) in [5.74, 6) is -0.0157. The van der Waals surface area contributed by atoms with Crippen molar-refractivity contribution in [2.24, 2.45) is 0 Å². The van der Waals surface area contributed by atoms with Crippen molar-refractivity contribution in [1.82, 2.24) is 4.90 Å². The largest absolute Gasteiger partial charge is 0.312 e. The number of rotatable bonds is 3. The molecule has 0 saturated heterocycles. The fraction of sp³-hybridized carbons (Fsp3) is 0.417. The minimum absolute atomic E-state index is 0.0157. The Hall–Kier alpha value is -1.31. The number of allylic oxidation sites excluding steroid dienone is 2. The zero-order chi connectivity index (χ0) is 11.5. The molecule has 0 rings (SSSR count). The maximum atomic E-state index is 11.8. The van der Waals surface area contributed by atoms with Crippen molar-refractivity contribution in [2.75, 3.05) is 7.05 Å². The van der Waals surface area contributed by atoms with Crippen LogP contribution in [0.3, 0.4) is 0 Å². The van der Waals surface area contributed by atoms with E-state index in [1.54, 1.807) is 7.05 Å². The molecular weight excluding hydrogens is 174 g/mol. The predicted molar refractivity (Wildman–Crippen MR) is 60.8 cm³/mol. The molecule has 0 heterocycles. The van der Waals surface area contributed by atoms with Gasteiger partial charge in [0.1, 0.15) is 0 Å². The fourth-order valence-corrected chi connectivity index (χ4v) is 0.874. The van der Waals surface area contributed by atoms with Crippen molar-refractivity contribution >= 4 is 5.91 Å². The van der Waals surface area contributed by atoms with Crippen LogP contribution in [0.4, 0.5) is 0 Å². The molecule has 0 aromatic carbocycles. The van der Waals surface area contributed by atoms with Crippen LogP contribution < -0.4 is 0 Å². The van der Waals surface area contributed by atoms with E-state index in [1.165, 1.54) is 4.90 Å². The monoisotopic (exact) mass is 193 g/mol. The Morgan fingerprint density at radius 2 is 1.50 bits per heavy atom. The van der Waals surface area contributed by atoms with Gasteiger partial charge in [0.25, 0.3) is 5.91 Å². The standard InChI is InChI=1S/C12H19NO/c1-8(2)10(5)12(14)13(7)11(6)9(3)4/h3,6H2,1-2,4-5,7H3. The number of likely N-dealkylation sites (N-methyl/N-ethyl adjacent to an activating group) is 1. The quantitative estimate of drug-likeness (QED) is 0.498. The Labute approximate surface area is 86.6 Å². The van der Waals surface area contributed by atoms with E-state index in [-0.39, 0.29) is 5.91 Å². The number of amides is 1. The molecule has 1 amide bonds. The van der Waals surface area contributed by atoms with E-state index in [2.05, 4.69) is 13.2 Å². The lowest BCUT2D eigenvalue weighted by atomic mass is 10.1. The summed E-state index contributed by atoms with van der Waals surface area (Å²) in [4.78, 5) is 13.3. The summed E-state index contributed by atoms with van der Waals surface area (Å²) in [6.45, 7) is 15.1. The maximum Gasteiger partial charge on any atom is 0.253 e. The smallest absolute Gasteiger partial charge is 0.253 e. The molecule has 0 bridgehead atoms. The summed E-state index contributed by atoms with van der Waals surface area (Å²) < 4.78 is 0. The summed E-state index contributed by atoms with van der Waals surface area (Å²) in [6.07, 6.45) is 0. The van der Waals surface area contributed by atoms with Gasteiger partial charge in [0.15, 0.2) is 0 Å². The lowest BCUT2D eigenvalue weighted by Crippen LogP contribution is -2.27. The molecule has 0 unspecified atom stereocenters. The van der Waals surface area contributed by atoms with Gasteiger partial charge in [0.05, 0.1) is 0 Å². The van der Waals surface area contributed by atoms with Gasteiger partial charge in [-0.1, -0.05) is 18.7 Å². The second-order valence-corrected chi connectivity index (χ2v) is 3.72. The normalized spacial score (nSPS) is 9.21. The third-order valence-corrected chi connectivity index (χ3v) is 2.27. The average Bonchev–Trinajstić information content (AvgIpc) is 2.12.